The number of anilines is 2. The predicted octanol–water partition coefficient (Wildman–Crippen LogP) is 3.76. The lowest BCUT2D eigenvalue weighted by atomic mass is 10.2. The average molecular weight is 437 g/mol. The largest absolute Gasteiger partial charge is 0.326 e. The molecular formula is C20H21FN2O4S2. The summed E-state index contributed by atoms with van der Waals surface area (Å²) in [5, 5.41) is 4.11. The van der Waals surface area contributed by atoms with Crippen molar-refractivity contribution >= 4 is 44.8 Å². The number of hydrogen-bond donors (Lipinski definition) is 2. The molecule has 154 valence electrons. The summed E-state index contributed by atoms with van der Waals surface area (Å²) in [5.74, 6) is -1.07. The second-order valence-corrected chi connectivity index (χ2v) is 10.7. The van der Waals surface area contributed by atoms with Crippen molar-refractivity contribution in [2.24, 2.45) is 0 Å². The fraction of sp³-hybridized carbons (Fsp3) is 0.300. The average Bonchev–Trinajstić information content (AvgIpc) is 2.64. The van der Waals surface area contributed by atoms with Crippen molar-refractivity contribution in [3.63, 3.8) is 0 Å². The van der Waals surface area contributed by atoms with Crippen molar-refractivity contribution < 1.29 is 22.4 Å². The maximum atomic E-state index is 13.2. The molecule has 29 heavy (non-hydrogen) atoms. The van der Waals surface area contributed by atoms with Crippen molar-refractivity contribution in [2.45, 2.75) is 47.5 Å². The zero-order chi connectivity index (χ0) is 21.3. The Morgan fingerprint density at radius 2 is 2.00 bits per heavy atom. The molecule has 1 heterocycles. The first-order chi connectivity index (χ1) is 13.6. The fourth-order valence-corrected chi connectivity index (χ4v) is 5.24. The quantitative estimate of drug-likeness (QED) is 0.745. The van der Waals surface area contributed by atoms with Crippen LogP contribution < -0.4 is 10.6 Å². The second-order valence-electron chi connectivity index (χ2n) is 6.97. The second kappa shape index (κ2) is 8.16. The molecular weight excluding hydrogens is 415 g/mol. The van der Waals surface area contributed by atoms with Crippen molar-refractivity contribution in [1.29, 1.82) is 0 Å². The molecule has 0 bridgehead atoms. The minimum atomic E-state index is -3.79. The topological polar surface area (TPSA) is 92.3 Å². The molecule has 0 aromatic heterocycles. The van der Waals surface area contributed by atoms with Crippen LogP contribution in [0.4, 0.5) is 15.8 Å². The van der Waals surface area contributed by atoms with Crippen LogP contribution in [0.25, 0.3) is 0 Å². The molecule has 0 saturated carbocycles. The van der Waals surface area contributed by atoms with Crippen LogP contribution in [0.2, 0.25) is 0 Å². The molecule has 2 aromatic carbocycles. The van der Waals surface area contributed by atoms with Gasteiger partial charge in [0.15, 0.2) is 9.84 Å². The number of aryl methyl sites for hydroxylation is 1. The van der Waals surface area contributed by atoms with Crippen LogP contribution >= 0.6 is 11.8 Å². The third kappa shape index (κ3) is 4.62. The Labute approximate surface area is 173 Å². The maximum absolute atomic E-state index is 13.2. The first-order valence-electron chi connectivity index (χ1n) is 8.99. The zero-order valence-electron chi connectivity index (χ0n) is 16.2. The Bertz CT molecular complexity index is 1090. The van der Waals surface area contributed by atoms with E-state index >= 15 is 0 Å². The van der Waals surface area contributed by atoms with Gasteiger partial charge in [-0.05, 0) is 62.7 Å². The van der Waals surface area contributed by atoms with E-state index in [-0.39, 0.29) is 22.5 Å². The highest BCUT2D eigenvalue weighted by molar-refractivity contribution is 8.01. The van der Waals surface area contributed by atoms with Crippen LogP contribution in [0, 0.1) is 12.7 Å². The fourth-order valence-electron chi connectivity index (χ4n) is 2.94. The number of hydrogen-bond acceptors (Lipinski definition) is 5. The monoisotopic (exact) mass is 436 g/mol. The Balaban J connectivity index is 1.74. The summed E-state index contributed by atoms with van der Waals surface area (Å²) in [6.07, 6.45) is -0.256. The van der Waals surface area contributed by atoms with E-state index in [0.717, 1.165) is 4.90 Å². The molecule has 6 nitrogen and oxygen atoms in total. The summed E-state index contributed by atoms with van der Waals surface area (Å²) in [6.45, 7) is 4.89. The molecule has 0 unspecified atom stereocenters. The van der Waals surface area contributed by atoms with Gasteiger partial charge in [0.05, 0.1) is 21.1 Å². The van der Waals surface area contributed by atoms with Crippen LogP contribution in [0.5, 0.6) is 0 Å². The summed E-state index contributed by atoms with van der Waals surface area (Å²) in [4.78, 5) is 25.0. The molecule has 2 atom stereocenters. The van der Waals surface area contributed by atoms with Crippen LogP contribution in [0.1, 0.15) is 25.8 Å². The van der Waals surface area contributed by atoms with Gasteiger partial charge in [-0.3, -0.25) is 9.59 Å². The molecule has 0 fully saturated rings. The standard InChI is InChI=1S/C20H21FN2O4S2/c1-11-8-14(21)4-6-16(11)22-19(24)9-12(2)29(26,27)15-5-7-18-17(10-15)23-20(25)13(3)28-18/h4-8,10,12-13H,9H2,1-3H3,(H,22,24)(H,23,25)/t12-,13-/m1/s1. The summed E-state index contributed by atoms with van der Waals surface area (Å²) in [6, 6.07) is 8.53. The van der Waals surface area contributed by atoms with Gasteiger partial charge in [-0.15, -0.1) is 11.8 Å². The van der Waals surface area contributed by atoms with E-state index in [1.54, 1.807) is 19.9 Å². The molecule has 1 aliphatic heterocycles. The number of halogens is 1. The third-order valence-corrected chi connectivity index (χ3v) is 7.99. The number of sulfone groups is 1. The lowest BCUT2D eigenvalue weighted by Crippen LogP contribution is -2.27. The minimum Gasteiger partial charge on any atom is -0.326 e. The molecule has 1 aliphatic rings. The smallest absolute Gasteiger partial charge is 0.237 e. The van der Waals surface area contributed by atoms with Crippen molar-refractivity contribution in [2.75, 3.05) is 10.6 Å². The first-order valence-corrected chi connectivity index (χ1v) is 11.4. The van der Waals surface area contributed by atoms with Gasteiger partial charge >= 0.3 is 0 Å². The minimum absolute atomic E-state index is 0.0463. The van der Waals surface area contributed by atoms with Crippen molar-refractivity contribution in [3.05, 3.63) is 47.8 Å². The van der Waals surface area contributed by atoms with Gasteiger partial charge in [0.25, 0.3) is 0 Å². The van der Waals surface area contributed by atoms with E-state index < -0.39 is 26.8 Å². The number of amides is 2. The van der Waals surface area contributed by atoms with Gasteiger partial charge < -0.3 is 10.6 Å². The van der Waals surface area contributed by atoms with Gasteiger partial charge in [-0.25, -0.2) is 12.8 Å². The lowest BCUT2D eigenvalue weighted by molar-refractivity contribution is -0.116. The molecule has 0 spiro atoms. The third-order valence-electron chi connectivity index (χ3n) is 4.68. The molecule has 0 radical (unpaired) electrons. The Hall–Kier alpha value is -2.39. The number of nitrogens with one attached hydrogen (secondary N) is 2. The van der Waals surface area contributed by atoms with Crippen molar-refractivity contribution in [1.82, 2.24) is 0 Å². The van der Waals surface area contributed by atoms with Gasteiger partial charge in [-0.1, -0.05) is 0 Å². The van der Waals surface area contributed by atoms with E-state index in [0.29, 0.717) is 16.9 Å². The van der Waals surface area contributed by atoms with Gasteiger partial charge in [0, 0.05) is 17.0 Å². The molecule has 2 aromatic rings. The van der Waals surface area contributed by atoms with Gasteiger partial charge in [-0.2, -0.15) is 0 Å². The van der Waals surface area contributed by atoms with E-state index in [2.05, 4.69) is 10.6 Å². The van der Waals surface area contributed by atoms with E-state index in [9.17, 15) is 22.4 Å². The molecule has 2 N–H and O–H groups in total. The molecule has 9 heteroatoms. The van der Waals surface area contributed by atoms with Crippen LogP contribution in [-0.4, -0.2) is 30.7 Å². The maximum Gasteiger partial charge on any atom is 0.237 e. The molecule has 0 saturated heterocycles. The number of carbonyl (C=O) groups excluding carboxylic acids is 2. The Morgan fingerprint density at radius 1 is 1.28 bits per heavy atom. The number of rotatable bonds is 5. The van der Waals surface area contributed by atoms with E-state index in [4.69, 9.17) is 0 Å². The summed E-state index contributed by atoms with van der Waals surface area (Å²) >= 11 is 1.36. The summed E-state index contributed by atoms with van der Waals surface area (Å²) < 4.78 is 39.0. The van der Waals surface area contributed by atoms with E-state index in [1.807, 2.05) is 0 Å². The van der Waals surface area contributed by atoms with Crippen LogP contribution in [0.15, 0.2) is 46.2 Å². The number of benzene rings is 2. The van der Waals surface area contributed by atoms with Crippen LogP contribution in [-0.2, 0) is 19.4 Å². The Kier molecular flexibility index (Phi) is 6.00. The number of thioether (sulfide) groups is 1. The van der Waals surface area contributed by atoms with E-state index in [1.165, 1.54) is 49.0 Å². The normalized spacial score (nSPS) is 17.2. The molecule has 3 rings (SSSR count). The van der Waals surface area contributed by atoms with Gasteiger partial charge in [0.1, 0.15) is 5.82 Å². The summed E-state index contributed by atoms with van der Waals surface area (Å²) in [7, 11) is -3.79. The highest BCUT2D eigenvalue weighted by Gasteiger charge is 2.29. The zero-order valence-corrected chi connectivity index (χ0v) is 17.8. The van der Waals surface area contributed by atoms with Gasteiger partial charge in [0.2, 0.25) is 11.8 Å². The first kappa shape index (κ1) is 21.3. The number of carbonyl (C=O) groups is 2. The molecule has 2 amide bonds. The molecule has 0 aliphatic carbocycles. The SMILES string of the molecule is Cc1cc(F)ccc1NC(=O)C[C@@H](C)S(=O)(=O)c1ccc2c(c1)NC(=O)[C@@H](C)S2. The lowest BCUT2D eigenvalue weighted by Gasteiger charge is -2.22. The predicted molar refractivity (Wildman–Crippen MR) is 111 cm³/mol. The summed E-state index contributed by atoms with van der Waals surface area (Å²) in [5.41, 5.74) is 1.44. The highest BCUT2D eigenvalue weighted by Crippen LogP contribution is 2.37. The Morgan fingerprint density at radius 3 is 2.69 bits per heavy atom. The number of fused-ring (bicyclic) bond motifs is 1. The van der Waals surface area contributed by atoms with Crippen molar-refractivity contribution in [3.8, 4) is 0 Å². The van der Waals surface area contributed by atoms with Crippen LogP contribution in [0.3, 0.4) is 0 Å². The highest BCUT2D eigenvalue weighted by atomic mass is 32.2.